The minimum Gasteiger partial charge on any atom is -0.316 e. The third-order valence-corrected chi connectivity index (χ3v) is 5.34. The van der Waals surface area contributed by atoms with E-state index in [9.17, 15) is 8.42 Å². The van der Waals surface area contributed by atoms with E-state index in [-0.39, 0.29) is 6.04 Å². The van der Waals surface area contributed by atoms with Gasteiger partial charge in [-0.2, -0.15) is 17.4 Å². The minimum atomic E-state index is -3.21. The second kappa shape index (κ2) is 6.32. The number of nitrogens with zero attached hydrogens (tertiary/aromatic N) is 1. The topological polar surface area (TPSA) is 61.4 Å². The highest BCUT2D eigenvalue weighted by Gasteiger charge is 2.33. The summed E-state index contributed by atoms with van der Waals surface area (Å²) in [6.45, 7) is 5.58. The Hall–Kier alpha value is -0.170. The van der Waals surface area contributed by atoms with Gasteiger partial charge in [-0.15, -0.1) is 0 Å². The molecule has 0 spiro atoms. The molecule has 0 aromatic rings. The van der Waals surface area contributed by atoms with Crippen LogP contribution in [0.1, 0.15) is 39.0 Å². The first-order valence-electron chi connectivity index (χ1n) is 7.10. The molecule has 0 unspecified atom stereocenters. The van der Waals surface area contributed by atoms with Crippen molar-refractivity contribution in [2.45, 2.75) is 45.1 Å². The van der Waals surface area contributed by atoms with E-state index < -0.39 is 10.2 Å². The molecule has 2 N–H and O–H groups in total. The first-order chi connectivity index (χ1) is 8.62. The Bertz CT molecular complexity index is 346. The van der Waals surface area contributed by atoms with Crippen LogP contribution >= 0.6 is 0 Å². The van der Waals surface area contributed by atoms with Crippen molar-refractivity contribution < 1.29 is 8.42 Å². The predicted octanol–water partition coefficient (Wildman–Crippen LogP) is 0.695. The van der Waals surface area contributed by atoms with Crippen molar-refractivity contribution in [3.63, 3.8) is 0 Å². The fourth-order valence-electron chi connectivity index (χ4n) is 2.32. The molecule has 2 rings (SSSR count). The van der Waals surface area contributed by atoms with Gasteiger partial charge in [0.2, 0.25) is 0 Å². The quantitative estimate of drug-likeness (QED) is 0.672. The molecule has 0 radical (unpaired) electrons. The van der Waals surface area contributed by atoms with E-state index in [1.54, 1.807) is 4.31 Å². The van der Waals surface area contributed by atoms with Crippen LogP contribution in [0.25, 0.3) is 0 Å². The van der Waals surface area contributed by atoms with Gasteiger partial charge in [0, 0.05) is 19.1 Å². The average molecular weight is 275 g/mol. The maximum atomic E-state index is 12.0. The zero-order valence-electron chi connectivity index (χ0n) is 11.2. The van der Waals surface area contributed by atoms with Crippen molar-refractivity contribution in [1.82, 2.24) is 14.3 Å². The summed E-state index contributed by atoms with van der Waals surface area (Å²) in [5, 5.41) is 3.42. The molecule has 0 bridgehead atoms. The second-order valence-corrected chi connectivity index (χ2v) is 7.15. The van der Waals surface area contributed by atoms with Gasteiger partial charge < -0.3 is 5.32 Å². The lowest BCUT2D eigenvalue weighted by molar-refractivity contribution is 0.265. The summed E-state index contributed by atoms with van der Waals surface area (Å²) < 4.78 is 28.4. The summed E-state index contributed by atoms with van der Waals surface area (Å²) in [5.74, 6) is 0.629. The molecule has 106 valence electrons. The molecule has 1 saturated carbocycles. The highest BCUT2D eigenvalue weighted by molar-refractivity contribution is 7.87. The van der Waals surface area contributed by atoms with E-state index >= 15 is 0 Å². The van der Waals surface area contributed by atoms with Crippen LogP contribution in [0.5, 0.6) is 0 Å². The van der Waals surface area contributed by atoms with Crippen molar-refractivity contribution >= 4 is 10.2 Å². The van der Waals surface area contributed by atoms with E-state index in [2.05, 4.69) is 17.0 Å². The number of hydrogen-bond donors (Lipinski definition) is 2. The van der Waals surface area contributed by atoms with Gasteiger partial charge in [0.25, 0.3) is 10.2 Å². The first-order valence-corrected chi connectivity index (χ1v) is 8.54. The molecule has 0 atom stereocenters. The van der Waals surface area contributed by atoms with Gasteiger partial charge in [-0.05, 0) is 51.1 Å². The lowest BCUT2D eigenvalue weighted by Crippen LogP contribution is -2.46. The van der Waals surface area contributed by atoms with Gasteiger partial charge in [0.1, 0.15) is 0 Å². The highest BCUT2D eigenvalue weighted by Crippen LogP contribution is 2.23. The molecular formula is C12H25N3O2S. The fraction of sp³-hybridized carbons (Fsp3) is 1.00. The zero-order chi connectivity index (χ0) is 13.0. The zero-order valence-corrected chi connectivity index (χ0v) is 12.0. The van der Waals surface area contributed by atoms with Crippen LogP contribution in [0.3, 0.4) is 0 Å². The number of nitrogens with one attached hydrogen (secondary N) is 2. The fourth-order valence-corrected chi connectivity index (χ4v) is 3.82. The monoisotopic (exact) mass is 275 g/mol. The molecule has 0 aromatic heterocycles. The Morgan fingerprint density at radius 3 is 2.39 bits per heavy atom. The van der Waals surface area contributed by atoms with Crippen molar-refractivity contribution in [3.05, 3.63) is 0 Å². The summed E-state index contributed by atoms with van der Waals surface area (Å²) in [5.41, 5.74) is 0. The Kier molecular flexibility index (Phi) is 5.00. The molecule has 0 amide bonds. The molecule has 1 heterocycles. The van der Waals surface area contributed by atoms with Crippen molar-refractivity contribution in [3.8, 4) is 0 Å². The van der Waals surface area contributed by atoms with Crippen molar-refractivity contribution in [1.29, 1.82) is 0 Å². The summed E-state index contributed by atoms with van der Waals surface area (Å²) in [6, 6.07) is 0.207. The molecule has 5 nitrogen and oxygen atoms in total. The van der Waals surface area contributed by atoms with Crippen LogP contribution in [0.2, 0.25) is 0 Å². The Labute approximate surface area is 110 Å². The van der Waals surface area contributed by atoms with Crippen molar-refractivity contribution in [2.75, 3.05) is 26.2 Å². The molecule has 1 aliphatic heterocycles. The standard InChI is InChI=1S/C12H25N3O2S/c1-2-7-13-10-11-5-8-15(9-6-11)18(16,17)14-12-3-4-12/h11-14H,2-10H2,1H3. The maximum absolute atomic E-state index is 12.0. The summed E-state index contributed by atoms with van der Waals surface area (Å²) >= 11 is 0. The average Bonchev–Trinajstić information content (AvgIpc) is 3.13. The molecular weight excluding hydrogens is 250 g/mol. The largest absolute Gasteiger partial charge is 0.316 e. The lowest BCUT2D eigenvalue weighted by atomic mass is 9.98. The van der Waals surface area contributed by atoms with E-state index in [0.29, 0.717) is 19.0 Å². The Morgan fingerprint density at radius 1 is 1.17 bits per heavy atom. The highest BCUT2D eigenvalue weighted by atomic mass is 32.2. The van der Waals surface area contributed by atoms with Crippen molar-refractivity contribution in [2.24, 2.45) is 5.92 Å². The van der Waals surface area contributed by atoms with Crippen LogP contribution in [-0.2, 0) is 10.2 Å². The molecule has 6 heteroatoms. The van der Waals surface area contributed by atoms with Gasteiger partial charge >= 0.3 is 0 Å². The minimum absolute atomic E-state index is 0.207. The first kappa shape index (κ1) is 14.2. The third-order valence-electron chi connectivity index (χ3n) is 3.67. The third kappa shape index (κ3) is 4.19. The van der Waals surface area contributed by atoms with E-state index in [0.717, 1.165) is 45.2 Å². The van der Waals surface area contributed by atoms with Gasteiger partial charge in [0.15, 0.2) is 0 Å². The number of piperidine rings is 1. The summed E-state index contributed by atoms with van der Waals surface area (Å²) in [7, 11) is -3.21. The van der Waals surface area contributed by atoms with Gasteiger partial charge in [-0.3, -0.25) is 0 Å². The van der Waals surface area contributed by atoms with E-state index in [1.807, 2.05) is 0 Å². The maximum Gasteiger partial charge on any atom is 0.279 e. The van der Waals surface area contributed by atoms with Crippen LogP contribution in [0.4, 0.5) is 0 Å². The second-order valence-electron chi connectivity index (χ2n) is 5.44. The molecule has 1 aliphatic carbocycles. The number of rotatable bonds is 7. The van der Waals surface area contributed by atoms with Gasteiger partial charge in [0.05, 0.1) is 0 Å². The smallest absolute Gasteiger partial charge is 0.279 e. The molecule has 2 fully saturated rings. The molecule has 18 heavy (non-hydrogen) atoms. The summed E-state index contributed by atoms with van der Waals surface area (Å²) in [4.78, 5) is 0. The summed E-state index contributed by atoms with van der Waals surface area (Å²) in [6.07, 6.45) is 5.09. The number of hydrogen-bond acceptors (Lipinski definition) is 3. The Balaban J connectivity index is 1.72. The van der Waals surface area contributed by atoms with E-state index in [1.165, 1.54) is 0 Å². The normalized spacial score (nSPS) is 23.4. The van der Waals surface area contributed by atoms with E-state index in [4.69, 9.17) is 0 Å². The van der Waals surface area contributed by atoms with Gasteiger partial charge in [-0.1, -0.05) is 6.92 Å². The van der Waals surface area contributed by atoms with Gasteiger partial charge in [-0.25, -0.2) is 0 Å². The molecule has 0 aromatic carbocycles. The lowest BCUT2D eigenvalue weighted by Gasteiger charge is -2.31. The van der Waals surface area contributed by atoms with Crippen LogP contribution in [0, 0.1) is 5.92 Å². The van der Waals surface area contributed by atoms with Crippen LogP contribution in [-0.4, -0.2) is 44.9 Å². The van der Waals surface area contributed by atoms with Crippen LogP contribution < -0.4 is 10.0 Å². The molecule has 1 saturated heterocycles. The molecule has 2 aliphatic rings. The van der Waals surface area contributed by atoms with Crippen LogP contribution in [0.15, 0.2) is 0 Å². The Morgan fingerprint density at radius 2 is 1.83 bits per heavy atom. The SMILES string of the molecule is CCCNCC1CCN(S(=O)(=O)NC2CC2)CC1. The predicted molar refractivity (Wildman–Crippen MR) is 72.5 cm³/mol.